The molecule has 0 aliphatic rings. The second kappa shape index (κ2) is 24.0. The van der Waals surface area contributed by atoms with Gasteiger partial charge in [0.05, 0.1) is 0 Å². The molecule has 0 atom stereocenters. The summed E-state index contributed by atoms with van der Waals surface area (Å²) in [6, 6.07) is 17.4. The highest BCUT2D eigenvalue weighted by atomic mass is 31.2. The largest absolute Gasteiger partial charge is 0.328 e. The van der Waals surface area contributed by atoms with Crippen molar-refractivity contribution in [3.63, 3.8) is 0 Å². The van der Waals surface area contributed by atoms with Gasteiger partial charge in [-0.3, -0.25) is 4.52 Å². The molecule has 0 radical (unpaired) electrons. The van der Waals surface area contributed by atoms with Crippen molar-refractivity contribution in [3.05, 3.63) is 70.8 Å². The zero-order chi connectivity index (χ0) is 31.9. The van der Waals surface area contributed by atoms with Crippen LogP contribution in [0.4, 0.5) is 0 Å². The van der Waals surface area contributed by atoms with Crippen molar-refractivity contribution in [3.8, 4) is 0 Å². The molecule has 0 bridgehead atoms. The molecule has 0 aliphatic carbocycles. The molecule has 3 nitrogen and oxygen atoms in total. The maximum Gasteiger partial charge on any atom is 0.328 e. The molecule has 2 aromatic rings. The monoisotopic (exact) mass is 626 g/mol. The Morgan fingerprint density at radius 2 is 0.977 bits per heavy atom. The van der Waals surface area contributed by atoms with Crippen molar-refractivity contribution < 1.29 is 14.3 Å². The van der Waals surface area contributed by atoms with Gasteiger partial charge in [0.1, 0.15) is 5.60 Å². The van der Waals surface area contributed by atoms with Crippen LogP contribution in [0.15, 0.2) is 48.5 Å². The fourth-order valence-electron chi connectivity index (χ4n) is 6.79. The van der Waals surface area contributed by atoms with Gasteiger partial charge in [-0.15, -0.1) is 0 Å². The van der Waals surface area contributed by atoms with Gasteiger partial charge < -0.3 is 9.79 Å². The number of hydrogen-bond donors (Lipinski definition) is 2. The lowest BCUT2D eigenvalue weighted by Crippen LogP contribution is -2.32. The molecule has 0 fully saturated rings. The van der Waals surface area contributed by atoms with Gasteiger partial charge in [-0.2, -0.15) is 0 Å². The lowest BCUT2D eigenvalue weighted by atomic mass is 9.76. The topological polar surface area (TPSA) is 49.7 Å². The molecule has 4 heteroatoms. The normalized spacial score (nSPS) is 12.1. The lowest BCUT2D eigenvalue weighted by molar-refractivity contribution is 0.0773. The Labute approximate surface area is 273 Å². The van der Waals surface area contributed by atoms with Crippen LogP contribution in [-0.2, 0) is 23.0 Å². The van der Waals surface area contributed by atoms with Crippen LogP contribution in [0.3, 0.4) is 0 Å². The van der Waals surface area contributed by atoms with Crippen LogP contribution in [0.5, 0.6) is 0 Å². The van der Waals surface area contributed by atoms with Crippen molar-refractivity contribution >= 4 is 8.60 Å². The van der Waals surface area contributed by atoms with E-state index < -0.39 is 14.2 Å². The molecule has 2 N–H and O–H groups in total. The van der Waals surface area contributed by atoms with Crippen molar-refractivity contribution in [2.75, 3.05) is 0 Å². The van der Waals surface area contributed by atoms with Gasteiger partial charge in [0, 0.05) is 0 Å². The Kier molecular flexibility index (Phi) is 21.2. The van der Waals surface area contributed by atoms with E-state index in [1.54, 1.807) is 0 Å². The molecular formula is C40H67O3P. The molecule has 0 heterocycles. The highest BCUT2D eigenvalue weighted by Gasteiger charge is 2.40. The zero-order valence-corrected chi connectivity index (χ0v) is 29.9. The highest BCUT2D eigenvalue weighted by molar-refractivity contribution is 7.39. The molecular weight excluding hydrogens is 559 g/mol. The first-order valence-corrected chi connectivity index (χ1v) is 19.6. The molecule has 0 aromatic heterocycles. The van der Waals surface area contributed by atoms with Crippen LogP contribution >= 0.6 is 8.60 Å². The third-order valence-electron chi connectivity index (χ3n) is 9.30. The van der Waals surface area contributed by atoms with Crippen molar-refractivity contribution in [2.45, 2.75) is 175 Å². The van der Waals surface area contributed by atoms with E-state index >= 15 is 0 Å². The number of rotatable bonds is 27. The van der Waals surface area contributed by atoms with E-state index in [4.69, 9.17) is 4.52 Å². The highest BCUT2D eigenvalue weighted by Crippen LogP contribution is 2.49. The molecule has 2 aromatic carbocycles. The van der Waals surface area contributed by atoms with Crippen LogP contribution in [0.1, 0.15) is 178 Å². The Balaban J connectivity index is 2.35. The number of aryl methyl sites for hydroxylation is 2. The molecule has 0 saturated heterocycles. The van der Waals surface area contributed by atoms with Crippen molar-refractivity contribution in [1.82, 2.24) is 0 Å². The Hall–Kier alpha value is -1.25. The van der Waals surface area contributed by atoms with Crippen molar-refractivity contribution in [1.29, 1.82) is 0 Å². The second-order valence-corrected chi connectivity index (χ2v) is 14.3. The predicted octanol–water partition coefficient (Wildman–Crippen LogP) is 12.7. The smallest absolute Gasteiger partial charge is 0.328 e. The summed E-state index contributed by atoms with van der Waals surface area (Å²) < 4.78 is 6.46. The van der Waals surface area contributed by atoms with E-state index in [-0.39, 0.29) is 0 Å². The molecule has 250 valence electrons. The quantitative estimate of drug-likeness (QED) is 0.0766. The fourth-order valence-corrected chi connectivity index (χ4v) is 7.35. The standard InChI is InChI=1S/C40H67O3P/c1-5-7-9-11-13-15-20-28-36-30-22-24-32-38(36)40(43-44(41)42,34-26-18-17-19-27-35(3)4)39-33-25-23-31-37(39)29-21-16-14-12-10-8-6-2/h22-25,30-33,35,41-42H,5-21,26-29,34H2,1-4H3. The minimum Gasteiger partial charge on any atom is -0.328 e. The summed E-state index contributed by atoms with van der Waals surface area (Å²) in [5.74, 6) is 0.738. The number of hydrogen-bond acceptors (Lipinski definition) is 3. The first-order chi connectivity index (χ1) is 21.4. The van der Waals surface area contributed by atoms with Crippen LogP contribution < -0.4 is 0 Å². The molecule has 44 heavy (non-hydrogen) atoms. The predicted molar refractivity (Wildman–Crippen MR) is 192 cm³/mol. The molecule has 0 aliphatic heterocycles. The maximum absolute atomic E-state index is 10.5. The molecule has 0 spiro atoms. The van der Waals surface area contributed by atoms with Gasteiger partial charge in [-0.1, -0.05) is 179 Å². The Morgan fingerprint density at radius 3 is 1.43 bits per heavy atom. The average molecular weight is 627 g/mol. The van der Waals surface area contributed by atoms with Gasteiger partial charge in [0.25, 0.3) is 0 Å². The summed E-state index contributed by atoms with van der Waals surface area (Å²) in [5.41, 5.74) is 4.00. The van der Waals surface area contributed by atoms with E-state index in [2.05, 4.69) is 76.2 Å². The molecule has 0 unspecified atom stereocenters. The van der Waals surface area contributed by atoms with E-state index in [9.17, 15) is 9.79 Å². The molecule has 0 saturated carbocycles. The fraction of sp³-hybridized carbons (Fsp3) is 0.700. The average Bonchev–Trinajstić information content (AvgIpc) is 3.01. The maximum atomic E-state index is 10.5. The summed E-state index contributed by atoms with van der Waals surface area (Å²) in [7, 11) is -2.55. The number of unbranched alkanes of at least 4 members (excludes halogenated alkanes) is 15. The van der Waals surface area contributed by atoms with Crippen LogP contribution in [-0.4, -0.2) is 9.79 Å². The first-order valence-electron chi connectivity index (χ1n) is 18.5. The van der Waals surface area contributed by atoms with Gasteiger partial charge >= 0.3 is 8.60 Å². The summed E-state index contributed by atoms with van der Waals surface area (Å²) in [6.07, 6.45) is 26.6. The van der Waals surface area contributed by atoms with E-state index in [1.165, 1.54) is 107 Å². The first kappa shape index (κ1) is 38.9. The SMILES string of the molecule is CCCCCCCCCc1ccccc1C(CCCCCCC(C)C)(OP(O)O)c1ccccc1CCCCCCCCC. The van der Waals surface area contributed by atoms with Gasteiger partial charge in [-0.05, 0) is 66.7 Å². The second-order valence-electron chi connectivity index (χ2n) is 13.6. The molecule has 0 amide bonds. The van der Waals surface area contributed by atoms with Crippen LogP contribution in [0.25, 0.3) is 0 Å². The summed E-state index contributed by atoms with van der Waals surface area (Å²) in [4.78, 5) is 21.1. The van der Waals surface area contributed by atoms with Crippen LogP contribution in [0.2, 0.25) is 0 Å². The van der Waals surface area contributed by atoms with Crippen LogP contribution in [0, 0.1) is 5.92 Å². The van der Waals surface area contributed by atoms with Crippen molar-refractivity contribution in [2.24, 2.45) is 5.92 Å². The zero-order valence-electron chi connectivity index (χ0n) is 29.0. The van der Waals surface area contributed by atoms with Gasteiger partial charge in [-0.25, -0.2) is 0 Å². The molecule has 2 rings (SSSR count). The Morgan fingerprint density at radius 1 is 0.568 bits per heavy atom. The third-order valence-corrected chi connectivity index (χ3v) is 9.78. The lowest BCUT2D eigenvalue weighted by Gasteiger charge is -2.38. The van der Waals surface area contributed by atoms with Gasteiger partial charge in [0.15, 0.2) is 0 Å². The van der Waals surface area contributed by atoms with E-state index in [0.717, 1.165) is 62.0 Å². The third kappa shape index (κ3) is 14.9. The van der Waals surface area contributed by atoms with E-state index in [0.29, 0.717) is 0 Å². The summed E-state index contributed by atoms with van der Waals surface area (Å²) >= 11 is 0. The minimum atomic E-state index is -2.55. The summed E-state index contributed by atoms with van der Waals surface area (Å²) in [5, 5.41) is 0. The van der Waals surface area contributed by atoms with E-state index in [1.807, 2.05) is 0 Å². The van der Waals surface area contributed by atoms with Gasteiger partial charge in [0.2, 0.25) is 0 Å². The Bertz CT molecular complexity index is 911. The summed E-state index contributed by atoms with van der Waals surface area (Å²) in [6.45, 7) is 9.14. The number of benzene rings is 2. The minimum absolute atomic E-state index is 0.738.